The van der Waals surface area contributed by atoms with E-state index >= 15 is 0 Å². The number of aliphatic hydroxyl groups is 1. The molecule has 2 rings (SSSR count). The molecule has 0 radical (unpaired) electrons. The lowest BCUT2D eigenvalue weighted by molar-refractivity contribution is 0.305. The van der Waals surface area contributed by atoms with Crippen LogP contribution in [0, 0.1) is 17.7 Å². The van der Waals surface area contributed by atoms with E-state index in [0.717, 1.165) is 23.5 Å². The normalized spacial score (nSPS) is 10.8. The van der Waals surface area contributed by atoms with Crippen LogP contribution in [0.3, 0.4) is 0 Å². The number of sulfonamides is 1. The quantitative estimate of drug-likeness (QED) is 0.840. The van der Waals surface area contributed by atoms with Crippen LogP contribution in [0.2, 0.25) is 0 Å². The average Bonchev–Trinajstić information content (AvgIpc) is 2.91. The van der Waals surface area contributed by atoms with E-state index in [1.54, 1.807) is 5.38 Å². The van der Waals surface area contributed by atoms with E-state index in [-0.39, 0.29) is 18.2 Å². The van der Waals surface area contributed by atoms with Gasteiger partial charge in [0.15, 0.2) is 5.13 Å². The second-order valence-corrected chi connectivity index (χ2v) is 6.41. The Kier molecular flexibility index (Phi) is 4.90. The molecule has 0 unspecified atom stereocenters. The van der Waals surface area contributed by atoms with Gasteiger partial charge in [0.25, 0.3) is 10.0 Å². The highest BCUT2D eigenvalue weighted by atomic mass is 32.2. The molecular formula is C13H11FN2O3S2. The smallest absolute Gasteiger partial charge is 0.266 e. The largest absolute Gasteiger partial charge is 0.395 e. The maximum absolute atomic E-state index is 13.9. The first-order chi connectivity index (χ1) is 10.0. The van der Waals surface area contributed by atoms with E-state index < -0.39 is 20.7 Å². The summed E-state index contributed by atoms with van der Waals surface area (Å²) in [7, 11) is -4.02. The number of halogens is 1. The van der Waals surface area contributed by atoms with Crippen molar-refractivity contribution in [2.24, 2.45) is 0 Å². The molecule has 0 saturated heterocycles. The molecule has 0 saturated carbocycles. The zero-order valence-corrected chi connectivity index (χ0v) is 12.3. The molecule has 5 nitrogen and oxygen atoms in total. The maximum atomic E-state index is 13.9. The molecule has 110 valence electrons. The third-order valence-corrected chi connectivity index (χ3v) is 4.53. The molecule has 0 amide bonds. The molecule has 1 aromatic carbocycles. The van der Waals surface area contributed by atoms with Crippen LogP contribution in [0.4, 0.5) is 9.52 Å². The molecule has 0 fully saturated rings. The summed E-state index contributed by atoms with van der Waals surface area (Å²) in [4.78, 5) is 3.32. The van der Waals surface area contributed by atoms with E-state index in [1.807, 2.05) is 0 Å². The Morgan fingerprint density at radius 3 is 2.86 bits per heavy atom. The molecule has 1 aromatic heterocycles. The van der Waals surface area contributed by atoms with Crippen molar-refractivity contribution < 1.29 is 17.9 Å². The minimum absolute atomic E-state index is 0.0837. The number of hydrogen-bond donors (Lipinski definition) is 2. The zero-order valence-electron chi connectivity index (χ0n) is 10.7. The van der Waals surface area contributed by atoms with Gasteiger partial charge in [-0.25, -0.2) is 17.8 Å². The fourth-order valence-electron chi connectivity index (χ4n) is 1.46. The van der Waals surface area contributed by atoms with E-state index in [4.69, 9.17) is 5.11 Å². The van der Waals surface area contributed by atoms with E-state index in [0.29, 0.717) is 5.56 Å². The first kappa shape index (κ1) is 15.4. The minimum atomic E-state index is -4.02. The van der Waals surface area contributed by atoms with Crippen molar-refractivity contribution in [2.45, 2.75) is 11.3 Å². The third-order valence-electron chi connectivity index (χ3n) is 2.34. The van der Waals surface area contributed by atoms with Gasteiger partial charge in [0, 0.05) is 23.6 Å². The van der Waals surface area contributed by atoms with Crippen LogP contribution >= 0.6 is 11.3 Å². The van der Waals surface area contributed by atoms with Crippen LogP contribution in [-0.4, -0.2) is 25.1 Å². The standard InChI is InChI=1S/C13H11FN2O3S2/c14-11-9-10(3-1-2-7-17)4-5-12(11)21(18,19)16-13-15-6-8-20-13/h4-6,8-9,17H,2,7H2,(H,15,16). The van der Waals surface area contributed by atoms with Gasteiger partial charge < -0.3 is 5.11 Å². The monoisotopic (exact) mass is 326 g/mol. The van der Waals surface area contributed by atoms with Gasteiger partial charge in [0.2, 0.25) is 0 Å². The van der Waals surface area contributed by atoms with Crippen LogP contribution in [0.15, 0.2) is 34.7 Å². The lowest BCUT2D eigenvalue weighted by Gasteiger charge is -2.06. The van der Waals surface area contributed by atoms with Gasteiger partial charge in [0.1, 0.15) is 10.7 Å². The molecule has 0 aliphatic rings. The number of benzene rings is 1. The second-order valence-electron chi connectivity index (χ2n) is 3.86. The summed E-state index contributed by atoms with van der Waals surface area (Å²) in [6, 6.07) is 3.60. The van der Waals surface area contributed by atoms with Crippen molar-refractivity contribution in [1.82, 2.24) is 4.98 Å². The van der Waals surface area contributed by atoms with Crippen LogP contribution in [0.25, 0.3) is 0 Å². The molecule has 0 spiro atoms. The molecule has 2 aromatic rings. The van der Waals surface area contributed by atoms with Gasteiger partial charge in [0.05, 0.1) is 6.61 Å². The lowest BCUT2D eigenvalue weighted by atomic mass is 10.2. The minimum Gasteiger partial charge on any atom is -0.395 e. The predicted octanol–water partition coefficient (Wildman–Crippen LogP) is 1.82. The van der Waals surface area contributed by atoms with Gasteiger partial charge in [-0.15, -0.1) is 11.3 Å². The van der Waals surface area contributed by atoms with Crippen LogP contribution in [-0.2, 0) is 10.0 Å². The Labute approximate surface area is 125 Å². The summed E-state index contributed by atoms with van der Waals surface area (Å²) in [6.07, 6.45) is 1.71. The van der Waals surface area contributed by atoms with E-state index in [1.165, 1.54) is 12.3 Å². The van der Waals surface area contributed by atoms with Crippen molar-refractivity contribution in [3.8, 4) is 11.8 Å². The molecule has 1 heterocycles. The highest BCUT2D eigenvalue weighted by molar-refractivity contribution is 7.93. The summed E-state index contributed by atoms with van der Waals surface area (Å²) in [6.45, 7) is -0.0837. The number of anilines is 1. The van der Waals surface area contributed by atoms with Crippen molar-refractivity contribution in [3.05, 3.63) is 41.2 Å². The van der Waals surface area contributed by atoms with Crippen molar-refractivity contribution in [1.29, 1.82) is 0 Å². The first-order valence-corrected chi connectivity index (χ1v) is 8.21. The number of hydrogen-bond acceptors (Lipinski definition) is 5. The predicted molar refractivity (Wildman–Crippen MR) is 77.9 cm³/mol. The molecule has 0 aliphatic heterocycles. The van der Waals surface area contributed by atoms with Crippen LogP contribution in [0.5, 0.6) is 0 Å². The maximum Gasteiger partial charge on any atom is 0.266 e. The topological polar surface area (TPSA) is 79.3 Å². The molecule has 0 aliphatic carbocycles. The van der Waals surface area contributed by atoms with Crippen LogP contribution < -0.4 is 4.72 Å². The number of thiazole rings is 1. The van der Waals surface area contributed by atoms with E-state index in [2.05, 4.69) is 21.5 Å². The van der Waals surface area contributed by atoms with Crippen molar-refractivity contribution in [3.63, 3.8) is 0 Å². The summed E-state index contributed by atoms with van der Waals surface area (Å²) < 4.78 is 40.2. The van der Waals surface area contributed by atoms with Crippen molar-refractivity contribution >= 4 is 26.5 Å². The summed E-state index contributed by atoms with van der Waals surface area (Å²) in [5, 5.41) is 10.4. The number of aliphatic hydroxyl groups excluding tert-OH is 1. The molecule has 0 atom stereocenters. The zero-order chi connectivity index (χ0) is 15.3. The molecular weight excluding hydrogens is 315 g/mol. The first-order valence-electron chi connectivity index (χ1n) is 5.84. The average molecular weight is 326 g/mol. The Hall–Kier alpha value is -1.95. The van der Waals surface area contributed by atoms with E-state index in [9.17, 15) is 12.8 Å². The SMILES string of the molecule is O=S(=O)(Nc1nccs1)c1ccc(C#CCCO)cc1F. The number of rotatable bonds is 4. The molecule has 8 heteroatoms. The van der Waals surface area contributed by atoms with Crippen LogP contribution in [0.1, 0.15) is 12.0 Å². The Balaban J connectivity index is 2.26. The lowest BCUT2D eigenvalue weighted by Crippen LogP contribution is -2.14. The van der Waals surface area contributed by atoms with Gasteiger partial charge in [-0.3, -0.25) is 4.72 Å². The Morgan fingerprint density at radius 1 is 1.43 bits per heavy atom. The number of aromatic nitrogens is 1. The summed E-state index contributed by atoms with van der Waals surface area (Å²) >= 11 is 1.10. The number of nitrogens with one attached hydrogen (secondary N) is 1. The van der Waals surface area contributed by atoms with Gasteiger partial charge >= 0.3 is 0 Å². The molecule has 0 bridgehead atoms. The van der Waals surface area contributed by atoms with Gasteiger partial charge in [-0.2, -0.15) is 0 Å². The second kappa shape index (κ2) is 6.67. The third kappa shape index (κ3) is 4.01. The fraction of sp³-hybridized carbons (Fsp3) is 0.154. The molecule has 21 heavy (non-hydrogen) atoms. The summed E-state index contributed by atoms with van der Waals surface area (Å²) in [5.41, 5.74) is 0.342. The number of nitrogens with zero attached hydrogens (tertiary/aromatic N) is 1. The highest BCUT2D eigenvalue weighted by Gasteiger charge is 2.20. The fourth-order valence-corrected chi connectivity index (χ4v) is 3.31. The Morgan fingerprint density at radius 2 is 2.24 bits per heavy atom. The highest BCUT2D eigenvalue weighted by Crippen LogP contribution is 2.20. The van der Waals surface area contributed by atoms with Gasteiger partial charge in [-0.05, 0) is 18.2 Å². The Bertz CT molecular complexity index is 777. The summed E-state index contributed by atoms with van der Waals surface area (Å²) in [5.74, 6) is 4.37. The van der Waals surface area contributed by atoms with Crippen molar-refractivity contribution in [2.75, 3.05) is 11.3 Å². The molecule has 2 N–H and O–H groups in total. The van der Waals surface area contributed by atoms with Gasteiger partial charge in [-0.1, -0.05) is 11.8 Å².